The second kappa shape index (κ2) is 5.32. The number of carboxylic acids is 1. The van der Waals surface area contributed by atoms with Crippen LogP contribution in [0.2, 0.25) is 0 Å². The van der Waals surface area contributed by atoms with Gasteiger partial charge in [-0.05, 0) is 11.5 Å². The third-order valence-electron chi connectivity index (χ3n) is 3.48. The molecule has 1 saturated heterocycles. The first-order valence-electron chi connectivity index (χ1n) is 6.65. The predicted octanol–water partition coefficient (Wildman–Crippen LogP) is 2.87. The molecule has 0 amide bonds. The molecule has 1 aromatic heterocycles. The van der Waals surface area contributed by atoms with E-state index in [1.165, 1.54) is 0 Å². The van der Waals surface area contributed by atoms with Crippen molar-refractivity contribution < 1.29 is 9.90 Å². The van der Waals surface area contributed by atoms with Gasteiger partial charge in [0, 0.05) is 29.5 Å². The van der Waals surface area contributed by atoms with Crippen LogP contribution >= 0.6 is 11.8 Å². The number of hydrogen-bond donors (Lipinski definition) is 1. The molecular weight excluding hydrogens is 272 g/mol. The maximum atomic E-state index is 11.3. The second-order valence-electron chi connectivity index (χ2n) is 4.98. The first-order chi connectivity index (χ1) is 9.65. The number of anilines is 1. The van der Waals surface area contributed by atoms with Crippen LogP contribution in [0.4, 0.5) is 5.82 Å². The Morgan fingerprint density at radius 2 is 2.25 bits per heavy atom. The minimum atomic E-state index is -0.976. The largest absolute Gasteiger partial charge is 0.477 e. The Bertz CT molecular complexity index is 659. The fourth-order valence-electron chi connectivity index (χ4n) is 2.54. The van der Waals surface area contributed by atoms with Crippen LogP contribution in [-0.2, 0) is 0 Å². The van der Waals surface area contributed by atoms with E-state index < -0.39 is 5.97 Å². The zero-order valence-corrected chi connectivity index (χ0v) is 12.1. The molecule has 20 heavy (non-hydrogen) atoms. The molecule has 1 aromatic carbocycles. The molecule has 1 aliphatic heterocycles. The number of carbonyl (C=O) groups is 1. The van der Waals surface area contributed by atoms with Crippen molar-refractivity contribution in [3.8, 4) is 0 Å². The summed E-state index contributed by atoms with van der Waals surface area (Å²) in [7, 11) is 0. The Kier molecular flexibility index (Phi) is 3.53. The van der Waals surface area contributed by atoms with Gasteiger partial charge in [-0.1, -0.05) is 31.2 Å². The SMILES string of the molecule is CC1CN(c2nc(C(=O)O)cc3ccccc23)CCS1. The Hall–Kier alpha value is -1.75. The number of fused-ring (bicyclic) bond motifs is 1. The smallest absolute Gasteiger partial charge is 0.354 e. The third-order valence-corrected chi connectivity index (χ3v) is 4.62. The lowest BCUT2D eigenvalue weighted by molar-refractivity contribution is 0.0691. The van der Waals surface area contributed by atoms with Gasteiger partial charge in [-0.25, -0.2) is 9.78 Å². The van der Waals surface area contributed by atoms with E-state index in [-0.39, 0.29) is 5.69 Å². The monoisotopic (exact) mass is 288 g/mol. The van der Waals surface area contributed by atoms with Crippen LogP contribution in [0.5, 0.6) is 0 Å². The minimum absolute atomic E-state index is 0.115. The van der Waals surface area contributed by atoms with Gasteiger partial charge in [0.25, 0.3) is 0 Å². The average Bonchev–Trinajstić information content (AvgIpc) is 2.46. The van der Waals surface area contributed by atoms with Gasteiger partial charge in [-0.3, -0.25) is 0 Å². The van der Waals surface area contributed by atoms with Crippen molar-refractivity contribution in [3.05, 3.63) is 36.0 Å². The van der Waals surface area contributed by atoms with Crippen molar-refractivity contribution in [1.29, 1.82) is 0 Å². The van der Waals surface area contributed by atoms with E-state index in [0.29, 0.717) is 5.25 Å². The summed E-state index contributed by atoms with van der Waals surface area (Å²) in [5.74, 6) is 0.873. The molecule has 104 valence electrons. The van der Waals surface area contributed by atoms with Crippen LogP contribution in [0.15, 0.2) is 30.3 Å². The Morgan fingerprint density at radius 1 is 1.45 bits per heavy atom. The molecule has 5 heteroatoms. The average molecular weight is 288 g/mol. The number of aromatic carboxylic acids is 1. The van der Waals surface area contributed by atoms with Gasteiger partial charge in [-0.2, -0.15) is 11.8 Å². The van der Waals surface area contributed by atoms with Gasteiger partial charge in [-0.15, -0.1) is 0 Å². The van der Waals surface area contributed by atoms with Crippen molar-refractivity contribution in [1.82, 2.24) is 4.98 Å². The summed E-state index contributed by atoms with van der Waals surface area (Å²) in [6, 6.07) is 9.48. The van der Waals surface area contributed by atoms with Crippen LogP contribution in [0.1, 0.15) is 17.4 Å². The molecule has 0 spiro atoms. The molecule has 3 rings (SSSR count). The quantitative estimate of drug-likeness (QED) is 0.921. The zero-order chi connectivity index (χ0) is 14.1. The molecule has 0 radical (unpaired) electrons. The number of nitrogens with zero attached hydrogens (tertiary/aromatic N) is 2. The molecule has 0 saturated carbocycles. The first-order valence-corrected chi connectivity index (χ1v) is 7.69. The van der Waals surface area contributed by atoms with Crippen LogP contribution in [0, 0.1) is 0 Å². The fraction of sp³-hybridized carbons (Fsp3) is 0.333. The number of thioether (sulfide) groups is 1. The molecular formula is C15H16N2O2S. The van der Waals surface area contributed by atoms with E-state index in [1.54, 1.807) is 6.07 Å². The lowest BCUT2D eigenvalue weighted by atomic mass is 10.1. The van der Waals surface area contributed by atoms with Crippen molar-refractivity contribution >= 4 is 34.3 Å². The van der Waals surface area contributed by atoms with Gasteiger partial charge >= 0.3 is 5.97 Å². The van der Waals surface area contributed by atoms with Crippen LogP contribution in [-0.4, -0.2) is 40.2 Å². The number of pyridine rings is 1. The van der Waals surface area contributed by atoms with E-state index in [9.17, 15) is 9.90 Å². The summed E-state index contributed by atoms with van der Waals surface area (Å²) < 4.78 is 0. The molecule has 1 aliphatic rings. The topological polar surface area (TPSA) is 53.4 Å². The van der Waals surface area contributed by atoms with Crippen molar-refractivity contribution in [3.63, 3.8) is 0 Å². The molecule has 1 N–H and O–H groups in total. The lowest BCUT2D eigenvalue weighted by Gasteiger charge is -2.32. The molecule has 2 heterocycles. The van der Waals surface area contributed by atoms with Crippen molar-refractivity contribution in [2.24, 2.45) is 0 Å². The lowest BCUT2D eigenvalue weighted by Crippen LogP contribution is -2.37. The summed E-state index contributed by atoms with van der Waals surface area (Å²) in [4.78, 5) is 17.8. The van der Waals surface area contributed by atoms with E-state index >= 15 is 0 Å². The van der Waals surface area contributed by atoms with E-state index in [4.69, 9.17) is 0 Å². The van der Waals surface area contributed by atoms with Gasteiger partial charge in [0.1, 0.15) is 5.82 Å². The second-order valence-corrected chi connectivity index (χ2v) is 6.53. The highest BCUT2D eigenvalue weighted by molar-refractivity contribution is 8.00. The van der Waals surface area contributed by atoms with E-state index in [0.717, 1.165) is 35.4 Å². The fourth-order valence-corrected chi connectivity index (χ4v) is 3.56. The normalized spacial score (nSPS) is 19.2. The zero-order valence-electron chi connectivity index (χ0n) is 11.2. The summed E-state index contributed by atoms with van der Waals surface area (Å²) >= 11 is 1.95. The number of rotatable bonds is 2. The van der Waals surface area contributed by atoms with E-state index in [1.807, 2.05) is 36.0 Å². The Morgan fingerprint density at radius 3 is 3.00 bits per heavy atom. The molecule has 1 fully saturated rings. The van der Waals surface area contributed by atoms with Crippen LogP contribution < -0.4 is 4.90 Å². The van der Waals surface area contributed by atoms with Gasteiger partial charge in [0.2, 0.25) is 0 Å². The molecule has 4 nitrogen and oxygen atoms in total. The summed E-state index contributed by atoms with van der Waals surface area (Å²) in [5.41, 5.74) is 0.115. The minimum Gasteiger partial charge on any atom is -0.477 e. The van der Waals surface area contributed by atoms with Crippen molar-refractivity contribution in [2.75, 3.05) is 23.7 Å². The number of carboxylic acid groups (broad SMARTS) is 1. The summed E-state index contributed by atoms with van der Waals surface area (Å²) in [6.45, 7) is 4.01. The predicted molar refractivity (Wildman–Crippen MR) is 82.8 cm³/mol. The number of hydrogen-bond acceptors (Lipinski definition) is 4. The highest BCUT2D eigenvalue weighted by atomic mass is 32.2. The molecule has 0 aliphatic carbocycles. The van der Waals surface area contributed by atoms with Crippen LogP contribution in [0.3, 0.4) is 0 Å². The molecule has 0 bridgehead atoms. The molecule has 1 unspecified atom stereocenters. The summed E-state index contributed by atoms with van der Waals surface area (Å²) in [6.07, 6.45) is 0. The standard InChI is InChI=1S/C15H16N2O2S/c1-10-9-17(6-7-20-10)14-12-5-3-2-4-11(12)8-13(16-14)15(18)19/h2-5,8,10H,6-7,9H2,1H3,(H,18,19). The highest BCUT2D eigenvalue weighted by Crippen LogP contribution is 2.29. The molecule has 1 atom stereocenters. The Labute approximate surface area is 121 Å². The van der Waals surface area contributed by atoms with Gasteiger partial charge < -0.3 is 10.0 Å². The highest BCUT2D eigenvalue weighted by Gasteiger charge is 2.21. The van der Waals surface area contributed by atoms with Gasteiger partial charge in [0.05, 0.1) is 0 Å². The Balaban J connectivity index is 2.14. The van der Waals surface area contributed by atoms with E-state index in [2.05, 4.69) is 16.8 Å². The van der Waals surface area contributed by atoms with Crippen molar-refractivity contribution in [2.45, 2.75) is 12.2 Å². The number of aromatic nitrogens is 1. The number of benzene rings is 1. The maximum Gasteiger partial charge on any atom is 0.354 e. The maximum absolute atomic E-state index is 11.3. The van der Waals surface area contributed by atoms with Gasteiger partial charge in [0.15, 0.2) is 5.69 Å². The van der Waals surface area contributed by atoms with Crippen LogP contribution in [0.25, 0.3) is 10.8 Å². The first kappa shape index (κ1) is 13.2. The molecule has 2 aromatic rings. The summed E-state index contributed by atoms with van der Waals surface area (Å²) in [5, 5.41) is 11.7. The third kappa shape index (κ3) is 2.45.